The van der Waals surface area contributed by atoms with E-state index >= 15 is 0 Å². The van der Waals surface area contributed by atoms with Crippen LogP contribution in [-0.2, 0) is 14.3 Å². The van der Waals surface area contributed by atoms with Gasteiger partial charge >= 0.3 is 0 Å². The number of hydrogen-bond acceptors (Lipinski definition) is 3. The number of ether oxygens (including phenoxy) is 2. The molecule has 2 fully saturated rings. The smallest absolute Gasteiger partial charge is 0.170 e. The van der Waals surface area contributed by atoms with Crippen LogP contribution in [0.15, 0.2) is 22.8 Å². The molecule has 0 N–H and O–H groups in total. The number of hydrogen-bond donors (Lipinski definition) is 0. The summed E-state index contributed by atoms with van der Waals surface area (Å²) in [6, 6.07) is 0. The molecule has 4 aliphatic carbocycles. The molecule has 23 heavy (non-hydrogen) atoms. The number of allylic oxidation sites excluding steroid dienone is 4. The largest absolute Gasteiger partial charge is 0.378 e. The van der Waals surface area contributed by atoms with Crippen LogP contribution in [0.2, 0.25) is 0 Å². The topological polar surface area (TPSA) is 35.5 Å². The Hall–Kier alpha value is -0.930. The van der Waals surface area contributed by atoms with Crippen molar-refractivity contribution in [3.8, 4) is 0 Å². The van der Waals surface area contributed by atoms with Crippen LogP contribution in [0.4, 0.5) is 0 Å². The fraction of sp³-hybridized carbons (Fsp3) is 0.750. The molecule has 0 aromatic carbocycles. The molecular formula is C20H26O3. The molecule has 0 amide bonds. The van der Waals surface area contributed by atoms with Gasteiger partial charge in [0.2, 0.25) is 0 Å². The van der Waals surface area contributed by atoms with E-state index < -0.39 is 0 Å². The molecule has 5 rings (SSSR count). The number of ketones is 1. The van der Waals surface area contributed by atoms with E-state index in [1.807, 2.05) is 0 Å². The van der Waals surface area contributed by atoms with E-state index in [1.54, 1.807) is 16.7 Å². The first kappa shape index (κ1) is 14.4. The van der Waals surface area contributed by atoms with Gasteiger partial charge < -0.3 is 9.47 Å². The average molecular weight is 314 g/mol. The lowest BCUT2D eigenvalue weighted by atomic mass is 9.58. The van der Waals surface area contributed by atoms with E-state index in [4.69, 9.17) is 9.47 Å². The predicted molar refractivity (Wildman–Crippen MR) is 87.0 cm³/mol. The van der Waals surface area contributed by atoms with Gasteiger partial charge in [0, 0.05) is 0 Å². The standard InChI is InChI=1S/C20H26O3/c21-19-18-11-17-16-6-5-13-3-1-2-4-14(13)15(16)7-8-20(17,19)12-22-9-10-23-18/h7,16-18H,1-6,8-12H2/t16-,17+,18?,20-/m1/s1. The summed E-state index contributed by atoms with van der Waals surface area (Å²) in [6.45, 7) is 1.82. The van der Waals surface area contributed by atoms with Crippen LogP contribution in [-0.4, -0.2) is 31.7 Å². The van der Waals surface area contributed by atoms with Crippen molar-refractivity contribution in [1.29, 1.82) is 0 Å². The number of carbonyl (C=O) groups is 1. The van der Waals surface area contributed by atoms with Crippen LogP contribution in [0.25, 0.3) is 0 Å². The van der Waals surface area contributed by atoms with Crippen LogP contribution in [0, 0.1) is 17.3 Å². The predicted octanol–water partition coefficient (Wildman–Crippen LogP) is 3.59. The first-order valence-corrected chi connectivity index (χ1v) is 9.44. The highest BCUT2D eigenvalue weighted by molar-refractivity contribution is 5.92. The summed E-state index contributed by atoms with van der Waals surface area (Å²) in [6.07, 6.45) is 11.8. The van der Waals surface area contributed by atoms with E-state index in [0.29, 0.717) is 37.4 Å². The molecular weight excluding hydrogens is 288 g/mol. The molecule has 1 aliphatic heterocycles. The molecule has 3 heteroatoms. The van der Waals surface area contributed by atoms with Crippen molar-refractivity contribution < 1.29 is 14.3 Å². The van der Waals surface area contributed by atoms with Crippen LogP contribution in [0.5, 0.6) is 0 Å². The number of fused-ring (bicyclic) bond motifs is 4. The summed E-state index contributed by atoms with van der Waals surface area (Å²) in [5, 5.41) is 0. The Morgan fingerprint density at radius 3 is 3.00 bits per heavy atom. The van der Waals surface area contributed by atoms with Crippen molar-refractivity contribution in [1.82, 2.24) is 0 Å². The number of Topliss-reactive ketones (excluding diaryl/α,β-unsaturated/α-hetero) is 1. The highest BCUT2D eigenvalue weighted by Gasteiger charge is 2.60. The molecule has 1 spiro atoms. The second kappa shape index (κ2) is 5.29. The molecule has 2 bridgehead atoms. The molecule has 4 atom stereocenters. The van der Waals surface area contributed by atoms with Crippen LogP contribution in [0.3, 0.4) is 0 Å². The van der Waals surface area contributed by atoms with Gasteiger partial charge in [-0.3, -0.25) is 4.79 Å². The van der Waals surface area contributed by atoms with Crippen LogP contribution in [0.1, 0.15) is 51.4 Å². The lowest BCUT2D eigenvalue weighted by Crippen LogP contribution is -2.46. The van der Waals surface area contributed by atoms with Gasteiger partial charge in [0.05, 0.1) is 25.2 Å². The second-order valence-corrected chi connectivity index (χ2v) is 8.07. The van der Waals surface area contributed by atoms with Gasteiger partial charge in [-0.25, -0.2) is 0 Å². The summed E-state index contributed by atoms with van der Waals surface area (Å²) in [7, 11) is 0. The molecule has 0 aromatic rings. The molecule has 1 heterocycles. The first-order chi connectivity index (χ1) is 11.3. The van der Waals surface area contributed by atoms with Gasteiger partial charge in [-0.05, 0) is 74.3 Å². The van der Waals surface area contributed by atoms with Gasteiger partial charge in [-0.2, -0.15) is 0 Å². The minimum atomic E-state index is -0.286. The molecule has 0 radical (unpaired) electrons. The molecule has 1 saturated heterocycles. The van der Waals surface area contributed by atoms with Crippen molar-refractivity contribution >= 4 is 5.78 Å². The molecule has 1 saturated carbocycles. The van der Waals surface area contributed by atoms with E-state index in [9.17, 15) is 4.79 Å². The fourth-order valence-electron chi connectivity index (χ4n) is 6.04. The minimum absolute atomic E-state index is 0.168. The van der Waals surface area contributed by atoms with Crippen LogP contribution < -0.4 is 0 Å². The van der Waals surface area contributed by atoms with Gasteiger partial charge in [-0.1, -0.05) is 11.6 Å². The van der Waals surface area contributed by atoms with E-state index in [2.05, 4.69) is 6.08 Å². The molecule has 3 nitrogen and oxygen atoms in total. The monoisotopic (exact) mass is 314 g/mol. The zero-order chi connectivity index (χ0) is 15.4. The second-order valence-electron chi connectivity index (χ2n) is 8.07. The third kappa shape index (κ3) is 1.99. The summed E-state index contributed by atoms with van der Waals surface area (Å²) in [4.78, 5) is 13.0. The highest BCUT2D eigenvalue weighted by Crippen LogP contribution is 2.58. The minimum Gasteiger partial charge on any atom is -0.378 e. The van der Waals surface area contributed by atoms with E-state index in [-0.39, 0.29) is 11.5 Å². The summed E-state index contributed by atoms with van der Waals surface area (Å²) in [5.74, 6) is 1.34. The van der Waals surface area contributed by atoms with Crippen molar-refractivity contribution in [3.63, 3.8) is 0 Å². The van der Waals surface area contributed by atoms with Gasteiger partial charge in [0.25, 0.3) is 0 Å². The summed E-state index contributed by atoms with van der Waals surface area (Å²) in [5.41, 5.74) is 4.73. The summed E-state index contributed by atoms with van der Waals surface area (Å²) >= 11 is 0. The van der Waals surface area contributed by atoms with E-state index in [1.165, 1.54) is 38.5 Å². The zero-order valence-corrected chi connectivity index (χ0v) is 13.8. The van der Waals surface area contributed by atoms with Gasteiger partial charge in [-0.15, -0.1) is 0 Å². The maximum absolute atomic E-state index is 13.0. The quantitative estimate of drug-likeness (QED) is 0.685. The van der Waals surface area contributed by atoms with E-state index in [0.717, 1.165) is 12.8 Å². The molecule has 1 unspecified atom stereocenters. The van der Waals surface area contributed by atoms with Gasteiger partial charge in [0.15, 0.2) is 5.78 Å². The normalized spacial score (nSPS) is 43.0. The van der Waals surface area contributed by atoms with Crippen molar-refractivity contribution in [2.75, 3.05) is 19.8 Å². The Kier molecular flexibility index (Phi) is 3.31. The van der Waals surface area contributed by atoms with Crippen molar-refractivity contribution in [2.24, 2.45) is 17.3 Å². The Bertz CT molecular complexity index is 602. The van der Waals surface area contributed by atoms with Crippen molar-refractivity contribution in [2.45, 2.75) is 57.5 Å². The Morgan fingerprint density at radius 2 is 2.04 bits per heavy atom. The fourth-order valence-corrected chi connectivity index (χ4v) is 6.04. The molecule has 124 valence electrons. The lowest BCUT2D eigenvalue weighted by molar-refractivity contribution is -0.146. The summed E-state index contributed by atoms with van der Waals surface area (Å²) < 4.78 is 11.7. The lowest BCUT2D eigenvalue weighted by Gasteiger charge is -2.46. The highest BCUT2D eigenvalue weighted by atomic mass is 16.5. The number of rotatable bonds is 0. The Labute approximate surface area is 138 Å². The average Bonchev–Trinajstić information content (AvgIpc) is 2.91. The zero-order valence-electron chi connectivity index (χ0n) is 13.8. The third-order valence-electron chi connectivity index (χ3n) is 7.13. The number of carbonyl (C=O) groups excluding carboxylic acids is 1. The Morgan fingerprint density at radius 1 is 1.13 bits per heavy atom. The third-order valence-corrected chi connectivity index (χ3v) is 7.13. The van der Waals surface area contributed by atoms with Gasteiger partial charge in [0.1, 0.15) is 6.10 Å². The van der Waals surface area contributed by atoms with Crippen LogP contribution >= 0.6 is 0 Å². The Balaban J connectivity index is 1.56. The first-order valence-electron chi connectivity index (χ1n) is 9.44. The SMILES string of the molecule is O=C1C2C[C@H]3[C@@H]4CCC5=C(CCCC5)C4=CC[C@]13COCCO2. The molecule has 0 aromatic heterocycles. The van der Waals surface area contributed by atoms with Crippen molar-refractivity contribution in [3.05, 3.63) is 22.8 Å². The maximum atomic E-state index is 13.0. The maximum Gasteiger partial charge on any atom is 0.170 e. The molecule has 5 aliphatic rings.